The van der Waals surface area contributed by atoms with Crippen LogP contribution in [0.15, 0.2) is 40.1 Å². The third-order valence-corrected chi connectivity index (χ3v) is 3.86. The summed E-state index contributed by atoms with van der Waals surface area (Å²) in [5.41, 5.74) is 2.41. The quantitative estimate of drug-likeness (QED) is 0.826. The van der Waals surface area contributed by atoms with E-state index < -0.39 is 16.6 Å². The van der Waals surface area contributed by atoms with Gasteiger partial charge in [-0.15, -0.1) is 11.3 Å². The van der Waals surface area contributed by atoms with Gasteiger partial charge >= 0.3 is 0 Å². The molecule has 0 aliphatic carbocycles. The van der Waals surface area contributed by atoms with E-state index >= 15 is 0 Å². The van der Waals surface area contributed by atoms with Gasteiger partial charge in [-0.3, -0.25) is 4.21 Å². The average Bonchev–Trinajstić information content (AvgIpc) is 2.71. The number of nitrogens with zero attached hydrogens (tertiary/aromatic N) is 1. The second kappa shape index (κ2) is 4.63. The van der Waals surface area contributed by atoms with Crippen molar-refractivity contribution in [3.05, 3.63) is 46.7 Å². The Bertz CT molecular complexity index is 470. The van der Waals surface area contributed by atoms with Crippen molar-refractivity contribution in [3.8, 4) is 0 Å². The average molecular weight is 241 g/mol. The third kappa shape index (κ3) is 2.49. The summed E-state index contributed by atoms with van der Waals surface area (Å²) in [5, 5.41) is 1.82. The van der Waals surface area contributed by atoms with Crippen molar-refractivity contribution in [1.82, 2.24) is 4.98 Å². The lowest BCUT2D eigenvalue weighted by atomic mass is 10.3. The van der Waals surface area contributed by atoms with Crippen LogP contribution in [0, 0.1) is 5.82 Å². The molecule has 1 atom stereocenters. The first-order valence-corrected chi connectivity index (χ1v) is 6.53. The highest BCUT2D eigenvalue weighted by atomic mass is 32.2. The zero-order chi connectivity index (χ0) is 10.7. The zero-order valence-corrected chi connectivity index (χ0v) is 9.35. The molecule has 1 heterocycles. The molecule has 0 spiro atoms. The van der Waals surface area contributed by atoms with Crippen LogP contribution in [0.5, 0.6) is 0 Å². The van der Waals surface area contributed by atoms with Crippen molar-refractivity contribution < 1.29 is 8.60 Å². The van der Waals surface area contributed by atoms with Crippen LogP contribution < -0.4 is 0 Å². The number of rotatable bonds is 3. The van der Waals surface area contributed by atoms with Crippen LogP contribution in [0.4, 0.5) is 4.39 Å². The fourth-order valence-corrected chi connectivity index (χ4v) is 2.91. The van der Waals surface area contributed by atoms with Crippen LogP contribution in [0.1, 0.15) is 5.69 Å². The highest BCUT2D eigenvalue weighted by Crippen LogP contribution is 2.15. The maximum absolute atomic E-state index is 13.3. The van der Waals surface area contributed by atoms with Crippen LogP contribution in [-0.4, -0.2) is 9.19 Å². The molecule has 1 aromatic carbocycles. The van der Waals surface area contributed by atoms with Crippen LogP contribution in [-0.2, 0) is 16.6 Å². The molecule has 0 radical (unpaired) electrons. The fourth-order valence-electron chi connectivity index (χ4n) is 1.15. The second-order valence-electron chi connectivity index (χ2n) is 2.90. The first-order chi connectivity index (χ1) is 7.27. The topological polar surface area (TPSA) is 30.0 Å². The Balaban J connectivity index is 2.19. The summed E-state index contributed by atoms with van der Waals surface area (Å²) in [6.07, 6.45) is 0. The molecule has 0 saturated carbocycles. The standard InChI is InChI=1S/C10H8FNOS2/c11-9-3-1-2-4-10(9)15(13)6-8-5-14-7-12-8/h1-5,7H,6H2. The van der Waals surface area contributed by atoms with E-state index in [2.05, 4.69) is 4.98 Å². The van der Waals surface area contributed by atoms with Gasteiger partial charge in [0.05, 0.1) is 32.7 Å². The number of thiazole rings is 1. The number of hydrogen-bond acceptors (Lipinski definition) is 3. The third-order valence-electron chi connectivity index (χ3n) is 1.84. The molecule has 78 valence electrons. The summed E-state index contributed by atoms with van der Waals surface area (Å²) in [6.45, 7) is 0. The van der Waals surface area contributed by atoms with E-state index in [-0.39, 0.29) is 10.6 Å². The Labute approximate surface area is 93.3 Å². The summed E-state index contributed by atoms with van der Waals surface area (Å²) in [4.78, 5) is 4.26. The molecular weight excluding hydrogens is 233 g/mol. The molecule has 0 saturated heterocycles. The SMILES string of the molecule is O=S(Cc1cscn1)c1ccccc1F. The van der Waals surface area contributed by atoms with Crippen molar-refractivity contribution in [2.45, 2.75) is 10.6 Å². The van der Waals surface area contributed by atoms with E-state index in [0.717, 1.165) is 5.69 Å². The maximum Gasteiger partial charge on any atom is 0.139 e. The molecule has 0 aliphatic rings. The van der Waals surface area contributed by atoms with Crippen molar-refractivity contribution in [2.75, 3.05) is 0 Å². The van der Waals surface area contributed by atoms with Gasteiger partial charge in [-0.25, -0.2) is 9.37 Å². The highest BCUT2D eigenvalue weighted by molar-refractivity contribution is 7.84. The van der Waals surface area contributed by atoms with Gasteiger partial charge in [0.2, 0.25) is 0 Å². The van der Waals surface area contributed by atoms with E-state index in [4.69, 9.17) is 0 Å². The maximum atomic E-state index is 13.3. The first kappa shape index (κ1) is 10.4. The normalized spacial score (nSPS) is 12.6. The number of hydrogen-bond donors (Lipinski definition) is 0. The molecule has 1 aromatic heterocycles. The Morgan fingerprint density at radius 1 is 1.40 bits per heavy atom. The Morgan fingerprint density at radius 2 is 2.20 bits per heavy atom. The van der Waals surface area contributed by atoms with E-state index in [1.807, 2.05) is 5.38 Å². The van der Waals surface area contributed by atoms with E-state index in [9.17, 15) is 8.60 Å². The molecule has 15 heavy (non-hydrogen) atoms. The molecule has 2 nitrogen and oxygen atoms in total. The van der Waals surface area contributed by atoms with E-state index in [1.165, 1.54) is 23.5 Å². The largest absolute Gasteiger partial charge is 0.254 e. The van der Waals surface area contributed by atoms with Crippen LogP contribution in [0.3, 0.4) is 0 Å². The molecule has 0 bridgehead atoms. The van der Waals surface area contributed by atoms with Gasteiger partial charge in [0, 0.05) is 5.38 Å². The number of benzene rings is 1. The van der Waals surface area contributed by atoms with Crippen molar-refractivity contribution >= 4 is 22.1 Å². The first-order valence-electron chi connectivity index (χ1n) is 4.27. The predicted octanol–water partition coefficient (Wildman–Crippen LogP) is 2.59. The highest BCUT2D eigenvalue weighted by Gasteiger charge is 2.10. The fraction of sp³-hybridized carbons (Fsp3) is 0.100. The van der Waals surface area contributed by atoms with Gasteiger partial charge in [-0.05, 0) is 12.1 Å². The molecule has 0 aliphatic heterocycles. The van der Waals surface area contributed by atoms with Gasteiger partial charge < -0.3 is 0 Å². The Hall–Kier alpha value is -1.07. The lowest BCUT2D eigenvalue weighted by molar-refractivity contribution is 0.595. The minimum Gasteiger partial charge on any atom is -0.254 e. The summed E-state index contributed by atoms with van der Waals surface area (Å²) < 4.78 is 25.0. The van der Waals surface area contributed by atoms with Gasteiger partial charge in [0.25, 0.3) is 0 Å². The zero-order valence-electron chi connectivity index (χ0n) is 7.72. The van der Waals surface area contributed by atoms with Crippen LogP contribution in [0.25, 0.3) is 0 Å². The Morgan fingerprint density at radius 3 is 2.87 bits per heavy atom. The van der Waals surface area contributed by atoms with Gasteiger partial charge in [-0.2, -0.15) is 0 Å². The Kier molecular flexibility index (Phi) is 3.23. The lowest BCUT2D eigenvalue weighted by Crippen LogP contribution is -1.99. The molecule has 0 amide bonds. The molecule has 0 N–H and O–H groups in total. The van der Waals surface area contributed by atoms with Gasteiger partial charge in [0.15, 0.2) is 0 Å². The summed E-state index contributed by atoms with van der Waals surface area (Å²) in [5.74, 6) is -0.157. The predicted molar refractivity (Wildman–Crippen MR) is 58.6 cm³/mol. The van der Waals surface area contributed by atoms with E-state index in [0.29, 0.717) is 0 Å². The minimum atomic E-state index is -1.36. The molecule has 0 fully saturated rings. The summed E-state index contributed by atoms with van der Waals surface area (Å²) >= 11 is 1.44. The van der Waals surface area contributed by atoms with E-state index in [1.54, 1.807) is 17.6 Å². The van der Waals surface area contributed by atoms with Gasteiger partial charge in [0.1, 0.15) is 5.82 Å². The summed E-state index contributed by atoms with van der Waals surface area (Å²) in [6, 6.07) is 6.11. The smallest absolute Gasteiger partial charge is 0.139 e. The lowest BCUT2D eigenvalue weighted by Gasteiger charge is -2.00. The molecule has 1 unspecified atom stereocenters. The van der Waals surface area contributed by atoms with Gasteiger partial charge in [-0.1, -0.05) is 12.1 Å². The number of halogens is 1. The van der Waals surface area contributed by atoms with Crippen molar-refractivity contribution in [1.29, 1.82) is 0 Å². The van der Waals surface area contributed by atoms with Crippen molar-refractivity contribution in [3.63, 3.8) is 0 Å². The monoisotopic (exact) mass is 241 g/mol. The molecular formula is C10H8FNOS2. The summed E-state index contributed by atoms with van der Waals surface area (Å²) in [7, 11) is -1.36. The van der Waals surface area contributed by atoms with Crippen LogP contribution >= 0.6 is 11.3 Å². The van der Waals surface area contributed by atoms with Crippen LogP contribution in [0.2, 0.25) is 0 Å². The molecule has 5 heteroatoms. The molecule has 2 aromatic rings. The number of aromatic nitrogens is 1. The van der Waals surface area contributed by atoms with Crippen molar-refractivity contribution in [2.24, 2.45) is 0 Å². The minimum absolute atomic E-state index is 0.241. The second-order valence-corrected chi connectivity index (χ2v) is 5.04. The molecule has 2 rings (SSSR count).